The molecule has 0 fully saturated rings. The molecule has 0 N–H and O–H groups in total. The highest BCUT2D eigenvalue weighted by molar-refractivity contribution is 6.54. The fourth-order valence-electron chi connectivity index (χ4n) is 1.76. The van der Waals surface area contributed by atoms with Crippen LogP contribution in [0.25, 0.3) is 0 Å². The normalized spacial score (nSPS) is 23.2. The number of nitrogens with zero attached hydrogens (tertiary/aromatic N) is 2. The zero-order valence-electron chi connectivity index (χ0n) is 6.82. The Kier molecular flexibility index (Phi) is 1.10. The van der Waals surface area contributed by atoms with E-state index in [4.69, 9.17) is 0 Å². The summed E-state index contributed by atoms with van der Waals surface area (Å²) >= 11 is 0. The number of allylic oxidation sites excluding steroid dienone is 4. The summed E-state index contributed by atoms with van der Waals surface area (Å²) in [6, 6.07) is 0. The Hall–Kier alpha value is -1.77. The molecule has 62 valence electrons. The van der Waals surface area contributed by atoms with E-state index >= 15 is 0 Å². The van der Waals surface area contributed by atoms with Crippen LogP contribution in [0.1, 0.15) is 6.42 Å². The smallest absolute Gasteiger partial charge is 0.187 e. The number of carbonyl (C=O) groups is 1. The molecule has 2 aliphatic heterocycles. The van der Waals surface area contributed by atoms with Gasteiger partial charge in [-0.2, -0.15) is 0 Å². The van der Waals surface area contributed by atoms with Crippen LogP contribution in [0.3, 0.4) is 0 Å². The number of carbonyl (C=O) groups excluding carboxylic acids is 1. The number of hydrogen-bond acceptors (Lipinski definition) is 3. The number of Topliss-reactive ketones (excluding diaryl/α,β-unsaturated/α-hetero) is 1. The van der Waals surface area contributed by atoms with Crippen molar-refractivity contribution in [1.29, 1.82) is 0 Å². The second kappa shape index (κ2) is 2.13. The largest absolute Gasteiger partial charge is 0.292 e. The molecular formula is C10H6N2O. The number of fused-ring (bicyclic) bond motifs is 2. The molecule has 0 aromatic heterocycles. The number of ketones is 1. The van der Waals surface area contributed by atoms with Gasteiger partial charge in [0.05, 0.1) is 12.1 Å². The first-order valence-electron chi connectivity index (χ1n) is 4.12. The Labute approximate surface area is 74.9 Å². The van der Waals surface area contributed by atoms with Crippen LogP contribution in [-0.2, 0) is 4.79 Å². The molecular weight excluding hydrogens is 164 g/mol. The van der Waals surface area contributed by atoms with Crippen LogP contribution >= 0.6 is 0 Å². The topological polar surface area (TPSA) is 41.8 Å². The summed E-state index contributed by atoms with van der Waals surface area (Å²) in [5.74, 6) is 0.0752. The van der Waals surface area contributed by atoms with E-state index in [9.17, 15) is 4.79 Å². The maximum Gasteiger partial charge on any atom is 0.187 e. The van der Waals surface area contributed by atoms with E-state index in [1.165, 1.54) is 0 Å². The fraction of sp³-hybridized carbons (Fsp3) is 0.100. The van der Waals surface area contributed by atoms with Crippen LogP contribution < -0.4 is 0 Å². The summed E-state index contributed by atoms with van der Waals surface area (Å²) in [6.45, 7) is 0. The van der Waals surface area contributed by atoms with Crippen molar-refractivity contribution in [3.8, 4) is 0 Å². The summed E-state index contributed by atoms with van der Waals surface area (Å²) < 4.78 is 0. The number of hydrogen-bond donors (Lipinski definition) is 0. The minimum atomic E-state index is 0.0752. The molecule has 0 aromatic rings. The highest BCUT2D eigenvalue weighted by Gasteiger charge is 2.30. The molecule has 0 amide bonds. The van der Waals surface area contributed by atoms with Gasteiger partial charge >= 0.3 is 0 Å². The Balaban J connectivity index is 2.30. The molecule has 0 spiro atoms. The van der Waals surface area contributed by atoms with Gasteiger partial charge in [-0.1, -0.05) is 0 Å². The van der Waals surface area contributed by atoms with E-state index in [1.807, 2.05) is 12.2 Å². The molecule has 3 aliphatic rings. The van der Waals surface area contributed by atoms with E-state index < -0.39 is 0 Å². The predicted molar refractivity (Wildman–Crippen MR) is 49.8 cm³/mol. The maximum absolute atomic E-state index is 11.5. The van der Waals surface area contributed by atoms with Crippen LogP contribution in [0.4, 0.5) is 0 Å². The minimum absolute atomic E-state index is 0.0752. The third-order valence-electron chi connectivity index (χ3n) is 2.36. The van der Waals surface area contributed by atoms with E-state index in [-0.39, 0.29) is 5.78 Å². The average molecular weight is 170 g/mol. The summed E-state index contributed by atoms with van der Waals surface area (Å²) in [7, 11) is 0. The quantitative estimate of drug-likeness (QED) is 0.538. The lowest BCUT2D eigenvalue weighted by atomic mass is 9.89. The van der Waals surface area contributed by atoms with Gasteiger partial charge < -0.3 is 0 Å². The van der Waals surface area contributed by atoms with Crippen molar-refractivity contribution in [2.45, 2.75) is 6.42 Å². The lowest BCUT2D eigenvalue weighted by Crippen LogP contribution is -2.25. The first kappa shape index (κ1) is 6.71. The molecule has 2 heterocycles. The molecule has 0 aromatic carbocycles. The zero-order valence-corrected chi connectivity index (χ0v) is 6.82. The Morgan fingerprint density at radius 2 is 1.85 bits per heavy atom. The second-order valence-corrected chi connectivity index (χ2v) is 3.11. The van der Waals surface area contributed by atoms with Crippen LogP contribution in [-0.4, -0.2) is 17.2 Å². The van der Waals surface area contributed by atoms with Gasteiger partial charge in [-0.05, 0) is 12.2 Å². The van der Waals surface area contributed by atoms with Gasteiger partial charge in [-0.25, -0.2) is 0 Å². The minimum Gasteiger partial charge on any atom is -0.292 e. The van der Waals surface area contributed by atoms with E-state index in [0.717, 1.165) is 16.9 Å². The van der Waals surface area contributed by atoms with Crippen molar-refractivity contribution in [1.82, 2.24) is 0 Å². The first-order chi connectivity index (χ1) is 6.36. The van der Waals surface area contributed by atoms with Gasteiger partial charge in [0.2, 0.25) is 0 Å². The molecule has 3 rings (SSSR count). The zero-order chi connectivity index (χ0) is 8.84. The SMILES string of the molecule is O=C1CC2=NC=CC2=C2C=CN=C12. The lowest BCUT2D eigenvalue weighted by molar-refractivity contribution is -0.111. The van der Waals surface area contributed by atoms with E-state index in [2.05, 4.69) is 9.98 Å². The van der Waals surface area contributed by atoms with Crippen LogP contribution in [0, 0.1) is 0 Å². The van der Waals surface area contributed by atoms with E-state index in [0.29, 0.717) is 12.1 Å². The van der Waals surface area contributed by atoms with Gasteiger partial charge in [0.15, 0.2) is 5.78 Å². The molecule has 0 saturated carbocycles. The molecule has 0 unspecified atom stereocenters. The van der Waals surface area contributed by atoms with Gasteiger partial charge in [0.25, 0.3) is 0 Å². The maximum atomic E-state index is 11.5. The summed E-state index contributed by atoms with van der Waals surface area (Å²) in [5.41, 5.74) is 3.47. The highest BCUT2D eigenvalue weighted by Crippen LogP contribution is 2.27. The van der Waals surface area contributed by atoms with Crippen molar-refractivity contribution in [2.75, 3.05) is 0 Å². The van der Waals surface area contributed by atoms with Gasteiger partial charge in [-0.3, -0.25) is 14.8 Å². The number of aliphatic imine (C=N–C) groups is 2. The molecule has 0 bridgehead atoms. The third kappa shape index (κ3) is 0.758. The van der Waals surface area contributed by atoms with Gasteiger partial charge in [0.1, 0.15) is 5.71 Å². The van der Waals surface area contributed by atoms with Crippen molar-refractivity contribution in [3.63, 3.8) is 0 Å². The molecule has 0 saturated heterocycles. The number of rotatable bonds is 0. The fourth-order valence-corrected chi connectivity index (χ4v) is 1.76. The monoisotopic (exact) mass is 170 g/mol. The average Bonchev–Trinajstić information content (AvgIpc) is 2.66. The summed E-state index contributed by atoms with van der Waals surface area (Å²) in [4.78, 5) is 19.7. The second-order valence-electron chi connectivity index (χ2n) is 3.11. The predicted octanol–water partition coefficient (Wildman–Crippen LogP) is 1.19. The standard InChI is InChI=1S/C10H6N2O/c13-9-5-8-6(1-3-11-8)7-2-4-12-10(7)9/h1-4H,5H2. The molecule has 3 heteroatoms. The van der Waals surface area contributed by atoms with Crippen LogP contribution in [0.5, 0.6) is 0 Å². The van der Waals surface area contributed by atoms with Crippen LogP contribution in [0.2, 0.25) is 0 Å². The van der Waals surface area contributed by atoms with E-state index in [1.54, 1.807) is 12.4 Å². The molecule has 0 atom stereocenters. The molecule has 3 nitrogen and oxygen atoms in total. The van der Waals surface area contributed by atoms with Crippen molar-refractivity contribution in [3.05, 3.63) is 35.7 Å². The van der Waals surface area contributed by atoms with Gasteiger partial charge in [0, 0.05) is 23.5 Å². The van der Waals surface area contributed by atoms with Crippen molar-refractivity contribution < 1.29 is 4.79 Å². The Morgan fingerprint density at radius 1 is 1.08 bits per heavy atom. The summed E-state index contributed by atoms with van der Waals surface area (Å²) in [6.07, 6.45) is 7.60. The molecule has 13 heavy (non-hydrogen) atoms. The molecule has 0 radical (unpaired) electrons. The van der Waals surface area contributed by atoms with Crippen molar-refractivity contribution >= 4 is 17.2 Å². The highest BCUT2D eigenvalue weighted by atomic mass is 16.1. The molecule has 1 aliphatic carbocycles. The van der Waals surface area contributed by atoms with Gasteiger partial charge in [-0.15, -0.1) is 0 Å². The Bertz CT molecular complexity index is 461. The first-order valence-corrected chi connectivity index (χ1v) is 4.12. The summed E-state index contributed by atoms with van der Waals surface area (Å²) in [5, 5.41) is 0. The van der Waals surface area contributed by atoms with Crippen LogP contribution in [0.15, 0.2) is 45.7 Å². The van der Waals surface area contributed by atoms with Crippen molar-refractivity contribution in [2.24, 2.45) is 9.98 Å². The lowest BCUT2D eigenvalue weighted by Gasteiger charge is -2.13. The Morgan fingerprint density at radius 3 is 2.77 bits per heavy atom. The third-order valence-corrected chi connectivity index (χ3v) is 2.36.